The number of ether oxygens (including phenoxy) is 3. The summed E-state index contributed by atoms with van der Waals surface area (Å²) in [4.78, 5) is 0. The van der Waals surface area contributed by atoms with Gasteiger partial charge in [0.15, 0.2) is 11.5 Å². The van der Waals surface area contributed by atoms with Crippen molar-refractivity contribution in [3.8, 4) is 34.3 Å². The number of phenolic OH excluding ortho intramolecular Hbond substituents is 1. The summed E-state index contributed by atoms with van der Waals surface area (Å²) >= 11 is 0. The Morgan fingerprint density at radius 3 is 2.67 bits per heavy atom. The molecule has 2 heterocycles. The van der Waals surface area contributed by atoms with Crippen LogP contribution in [0.1, 0.15) is 0 Å². The number of benzene rings is 2. The third kappa shape index (κ3) is 1.86. The molecule has 0 atom stereocenters. The SMILES string of the molecule is COc1cc(O)ccc1-c1cc2cc3c(cc2o1)OCO3. The predicted molar refractivity (Wildman–Crippen MR) is 76.0 cm³/mol. The van der Waals surface area contributed by atoms with Crippen molar-refractivity contribution in [1.29, 1.82) is 0 Å². The Morgan fingerprint density at radius 2 is 1.86 bits per heavy atom. The van der Waals surface area contributed by atoms with E-state index in [1.165, 1.54) is 0 Å². The summed E-state index contributed by atoms with van der Waals surface area (Å²) in [6.45, 7) is 0.237. The monoisotopic (exact) mass is 284 g/mol. The molecule has 1 N–H and O–H groups in total. The van der Waals surface area contributed by atoms with Crippen LogP contribution in [0.3, 0.4) is 0 Å². The Hall–Kier alpha value is -2.82. The number of methoxy groups -OCH3 is 1. The lowest BCUT2D eigenvalue weighted by Crippen LogP contribution is -1.92. The van der Waals surface area contributed by atoms with E-state index in [9.17, 15) is 5.11 Å². The van der Waals surface area contributed by atoms with Gasteiger partial charge in [-0.3, -0.25) is 0 Å². The zero-order valence-corrected chi connectivity index (χ0v) is 11.3. The van der Waals surface area contributed by atoms with Crippen molar-refractivity contribution < 1.29 is 23.7 Å². The van der Waals surface area contributed by atoms with E-state index in [0.29, 0.717) is 28.6 Å². The molecule has 21 heavy (non-hydrogen) atoms. The highest BCUT2D eigenvalue weighted by Gasteiger charge is 2.18. The highest BCUT2D eigenvalue weighted by molar-refractivity contribution is 5.87. The topological polar surface area (TPSA) is 61.1 Å². The van der Waals surface area contributed by atoms with Gasteiger partial charge in [0.2, 0.25) is 6.79 Å². The van der Waals surface area contributed by atoms with Gasteiger partial charge in [0.1, 0.15) is 22.8 Å². The van der Waals surface area contributed by atoms with Crippen LogP contribution < -0.4 is 14.2 Å². The zero-order chi connectivity index (χ0) is 14.4. The summed E-state index contributed by atoms with van der Waals surface area (Å²) in [6.07, 6.45) is 0. The van der Waals surface area contributed by atoms with E-state index in [1.807, 2.05) is 18.2 Å². The smallest absolute Gasteiger partial charge is 0.231 e. The first-order valence-corrected chi connectivity index (χ1v) is 6.45. The van der Waals surface area contributed by atoms with Crippen LogP contribution in [0.15, 0.2) is 40.8 Å². The molecule has 0 spiro atoms. The molecular formula is C16H12O5. The van der Waals surface area contributed by atoms with Crippen molar-refractivity contribution in [3.63, 3.8) is 0 Å². The molecule has 3 aromatic rings. The zero-order valence-electron chi connectivity index (χ0n) is 11.3. The number of rotatable bonds is 2. The molecule has 0 saturated carbocycles. The van der Waals surface area contributed by atoms with Gasteiger partial charge in [-0.2, -0.15) is 0 Å². The van der Waals surface area contributed by atoms with Gasteiger partial charge in [-0.05, 0) is 24.3 Å². The lowest BCUT2D eigenvalue weighted by Gasteiger charge is -2.06. The molecule has 0 radical (unpaired) electrons. The number of aromatic hydroxyl groups is 1. The molecule has 0 bridgehead atoms. The number of hydrogen-bond acceptors (Lipinski definition) is 5. The van der Waals surface area contributed by atoms with Gasteiger partial charge < -0.3 is 23.7 Å². The molecule has 0 saturated heterocycles. The van der Waals surface area contributed by atoms with E-state index in [4.69, 9.17) is 18.6 Å². The van der Waals surface area contributed by atoms with Crippen LogP contribution in [-0.2, 0) is 0 Å². The fourth-order valence-electron chi connectivity index (χ4n) is 2.45. The predicted octanol–water partition coefficient (Wildman–Crippen LogP) is 3.54. The minimum Gasteiger partial charge on any atom is -0.508 e. The molecule has 2 aromatic carbocycles. The second-order valence-electron chi connectivity index (χ2n) is 4.74. The maximum atomic E-state index is 9.52. The third-order valence-electron chi connectivity index (χ3n) is 3.46. The van der Waals surface area contributed by atoms with Crippen LogP contribution in [0, 0.1) is 0 Å². The van der Waals surface area contributed by atoms with Crippen LogP contribution in [0.2, 0.25) is 0 Å². The summed E-state index contributed by atoms with van der Waals surface area (Å²) in [5.74, 6) is 2.75. The maximum absolute atomic E-state index is 9.52. The normalized spacial score (nSPS) is 12.8. The number of furan rings is 1. The molecule has 4 rings (SSSR count). The van der Waals surface area contributed by atoms with Gasteiger partial charge >= 0.3 is 0 Å². The van der Waals surface area contributed by atoms with Crippen molar-refractivity contribution in [3.05, 3.63) is 36.4 Å². The fraction of sp³-hybridized carbons (Fsp3) is 0.125. The summed E-state index contributed by atoms with van der Waals surface area (Å²) in [5, 5.41) is 10.4. The fourth-order valence-corrected chi connectivity index (χ4v) is 2.45. The molecule has 1 aromatic heterocycles. The number of phenols is 1. The average molecular weight is 284 g/mol. The Balaban J connectivity index is 1.88. The van der Waals surface area contributed by atoms with Gasteiger partial charge in [-0.25, -0.2) is 0 Å². The summed E-state index contributed by atoms with van der Waals surface area (Å²) in [6, 6.07) is 10.5. The van der Waals surface area contributed by atoms with Crippen molar-refractivity contribution >= 4 is 11.0 Å². The molecule has 106 valence electrons. The molecule has 0 aliphatic carbocycles. The molecule has 0 fully saturated rings. The highest BCUT2D eigenvalue weighted by Crippen LogP contribution is 2.41. The van der Waals surface area contributed by atoms with E-state index in [2.05, 4.69) is 0 Å². The third-order valence-corrected chi connectivity index (χ3v) is 3.46. The minimum atomic E-state index is 0.146. The summed E-state index contributed by atoms with van der Waals surface area (Å²) in [7, 11) is 1.55. The molecule has 1 aliphatic rings. The highest BCUT2D eigenvalue weighted by atomic mass is 16.7. The van der Waals surface area contributed by atoms with Gasteiger partial charge in [0, 0.05) is 17.5 Å². The van der Waals surface area contributed by atoms with Crippen LogP contribution in [-0.4, -0.2) is 19.0 Å². The Kier molecular flexibility index (Phi) is 2.47. The lowest BCUT2D eigenvalue weighted by molar-refractivity contribution is 0.174. The van der Waals surface area contributed by atoms with Crippen molar-refractivity contribution in [2.75, 3.05) is 13.9 Å². The summed E-state index contributed by atoms with van der Waals surface area (Å²) < 4.78 is 21.9. The number of hydrogen-bond donors (Lipinski definition) is 1. The molecule has 0 unspecified atom stereocenters. The van der Waals surface area contributed by atoms with Gasteiger partial charge in [0.25, 0.3) is 0 Å². The van der Waals surface area contributed by atoms with Gasteiger partial charge in [0.05, 0.1) is 12.7 Å². The summed E-state index contributed by atoms with van der Waals surface area (Å²) in [5.41, 5.74) is 1.48. The van der Waals surface area contributed by atoms with Crippen LogP contribution >= 0.6 is 0 Å². The van der Waals surface area contributed by atoms with Gasteiger partial charge in [-0.1, -0.05) is 0 Å². The van der Waals surface area contributed by atoms with Crippen molar-refractivity contribution in [1.82, 2.24) is 0 Å². The maximum Gasteiger partial charge on any atom is 0.231 e. The molecule has 5 nitrogen and oxygen atoms in total. The second kappa shape index (κ2) is 4.34. The molecule has 1 aliphatic heterocycles. The van der Waals surface area contributed by atoms with E-state index >= 15 is 0 Å². The Labute approximate surface area is 120 Å². The Morgan fingerprint density at radius 1 is 1.05 bits per heavy atom. The van der Waals surface area contributed by atoms with Crippen molar-refractivity contribution in [2.45, 2.75) is 0 Å². The van der Waals surface area contributed by atoms with Crippen LogP contribution in [0.4, 0.5) is 0 Å². The van der Waals surface area contributed by atoms with Crippen LogP contribution in [0.25, 0.3) is 22.3 Å². The van der Waals surface area contributed by atoms with Crippen molar-refractivity contribution in [2.24, 2.45) is 0 Å². The lowest BCUT2D eigenvalue weighted by atomic mass is 10.1. The first kappa shape index (κ1) is 12.0. The Bertz CT molecular complexity index is 793. The van der Waals surface area contributed by atoms with E-state index < -0.39 is 0 Å². The van der Waals surface area contributed by atoms with Crippen LogP contribution in [0.5, 0.6) is 23.0 Å². The van der Waals surface area contributed by atoms with E-state index in [1.54, 1.807) is 25.3 Å². The minimum absolute atomic E-state index is 0.146. The van der Waals surface area contributed by atoms with E-state index in [0.717, 1.165) is 10.9 Å². The largest absolute Gasteiger partial charge is 0.508 e. The van der Waals surface area contributed by atoms with Gasteiger partial charge in [-0.15, -0.1) is 0 Å². The average Bonchev–Trinajstić information content (AvgIpc) is 3.09. The quantitative estimate of drug-likeness (QED) is 0.779. The first-order valence-electron chi connectivity index (χ1n) is 6.45. The number of fused-ring (bicyclic) bond motifs is 2. The molecule has 0 amide bonds. The first-order chi connectivity index (χ1) is 10.2. The molecular weight excluding hydrogens is 272 g/mol. The van der Waals surface area contributed by atoms with E-state index in [-0.39, 0.29) is 12.5 Å². The second-order valence-corrected chi connectivity index (χ2v) is 4.74. The standard InChI is InChI=1S/C16H12O5/c1-18-13-6-10(17)2-3-11(13)14-4-9-5-15-16(20-8-19-15)7-12(9)21-14/h2-7,17H,8H2,1H3. The molecule has 5 heteroatoms.